The van der Waals surface area contributed by atoms with Crippen molar-refractivity contribution in [1.29, 1.82) is 0 Å². The van der Waals surface area contributed by atoms with Gasteiger partial charge in [0.2, 0.25) is 11.8 Å². The van der Waals surface area contributed by atoms with E-state index >= 15 is 0 Å². The molecule has 0 bridgehead atoms. The van der Waals surface area contributed by atoms with Gasteiger partial charge in [-0.1, -0.05) is 29.8 Å². The van der Waals surface area contributed by atoms with Crippen LogP contribution in [0.1, 0.15) is 31.6 Å². The van der Waals surface area contributed by atoms with E-state index in [4.69, 9.17) is 4.42 Å². The molecule has 0 saturated heterocycles. The maximum Gasteiger partial charge on any atom is 0.247 e. The second-order valence-corrected chi connectivity index (χ2v) is 5.05. The zero-order valence-electron chi connectivity index (χ0n) is 11.5. The Morgan fingerprint density at radius 1 is 1.15 bits per heavy atom. The molecule has 2 aromatic rings. The van der Waals surface area contributed by atoms with E-state index in [1.165, 1.54) is 19.3 Å². The predicted molar refractivity (Wildman–Crippen MR) is 78.0 cm³/mol. The van der Waals surface area contributed by atoms with Gasteiger partial charge in [0.25, 0.3) is 0 Å². The average Bonchev–Trinajstić information content (AvgIpc) is 3.16. The number of allylic oxidation sites excluding steroid dienone is 1. The molecule has 1 heterocycles. The second kappa shape index (κ2) is 6.48. The SMILES string of the molecule is C1=C(CCNCc2nnc(-c3ccccc3)o2)CCC1. The van der Waals surface area contributed by atoms with E-state index in [9.17, 15) is 0 Å². The molecule has 1 aliphatic carbocycles. The van der Waals surface area contributed by atoms with Gasteiger partial charge in [0.05, 0.1) is 6.54 Å². The van der Waals surface area contributed by atoms with Crippen LogP contribution < -0.4 is 5.32 Å². The van der Waals surface area contributed by atoms with Crippen LogP contribution in [-0.2, 0) is 6.54 Å². The van der Waals surface area contributed by atoms with Gasteiger partial charge in [-0.15, -0.1) is 10.2 Å². The normalized spacial score (nSPS) is 14.5. The Labute approximate surface area is 118 Å². The van der Waals surface area contributed by atoms with Crippen LogP contribution in [0.5, 0.6) is 0 Å². The minimum Gasteiger partial charge on any atom is -0.419 e. The molecule has 0 unspecified atom stereocenters. The third kappa shape index (κ3) is 3.33. The number of hydrogen-bond acceptors (Lipinski definition) is 4. The maximum absolute atomic E-state index is 5.64. The van der Waals surface area contributed by atoms with E-state index in [1.807, 2.05) is 30.3 Å². The maximum atomic E-state index is 5.64. The molecule has 0 aliphatic heterocycles. The summed E-state index contributed by atoms with van der Waals surface area (Å²) in [5.74, 6) is 1.23. The molecule has 0 spiro atoms. The molecule has 1 aromatic carbocycles. The summed E-state index contributed by atoms with van der Waals surface area (Å²) in [7, 11) is 0. The molecule has 0 atom stereocenters. The molecule has 20 heavy (non-hydrogen) atoms. The highest BCUT2D eigenvalue weighted by Gasteiger charge is 2.08. The number of rotatable bonds is 6. The van der Waals surface area contributed by atoms with E-state index in [0.29, 0.717) is 18.3 Å². The fourth-order valence-electron chi connectivity index (χ4n) is 2.43. The quantitative estimate of drug-likeness (QED) is 0.645. The summed E-state index contributed by atoms with van der Waals surface area (Å²) in [6.45, 7) is 1.60. The second-order valence-electron chi connectivity index (χ2n) is 5.05. The van der Waals surface area contributed by atoms with Crippen LogP contribution >= 0.6 is 0 Å². The van der Waals surface area contributed by atoms with Crippen LogP contribution in [0, 0.1) is 0 Å². The smallest absolute Gasteiger partial charge is 0.247 e. The third-order valence-electron chi connectivity index (χ3n) is 3.52. The first-order chi connectivity index (χ1) is 9.92. The van der Waals surface area contributed by atoms with Crippen molar-refractivity contribution in [3.05, 3.63) is 47.9 Å². The average molecular weight is 269 g/mol. The molecule has 104 valence electrons. The van der Waals surface area contributed by atoms with Crippen LogP contribution in [0.25, 0.3) is 11.5 Å². The number of benzene rings is 1. The Hall–Kier alpha value is -1.94. The highest BCUT2D eigenvalue weighted by Crippen LogP contribution is 2.20. The highest BCUT2D eigenvalue weighted by atomic mass is 16.4. The van der Waals surface area contributed by atoms with Gasteiger partial charge in [0, 0.05) is 5.56 Å². The van der Waals surface area contributed by atoms with Gasteiger partial charge in [-0.05, 0) is 44.4 Å². The lowest BCUT2D eigenvalue weighted by molar-refractivity contribution is 0.478. The van der Waals surface area contributed by atoms with Crippen molar-refractivity contribution < 1.29 is 4.42 Å². The standard InChI is InChI=1S/C16H19N3O/c1-2-8-14(9-3-1)16-19-18-15(20-16)12-17-11-10-13-6-4-5-7-13/h1-3,6,8-9,17H,4-5,7,10-12H2. The van der Waals surface area contributed by atoms with Crippen LogP contribution in [0.2, 0.25) is 0 Å². The number of nitrogens with one attached hydrogen (secondary N) is 1. The summed E-state index contributed by atoms with van der Waals surface area (Å²) in [5, 5.41) is 11.5. The zero-order valence-corrected chi connectivity index (χ0v) is 11.5. The number of aromatic nitrogens is 2. The predicted octanol–water partition coefficient (Wildman–Crippen LogP) is 3.33. The summed E-state index contributed by atoms with van der Waals surface area (Å²) >= 11 is 0. The van der Waals surface area contributed by atoms with Gasteiger partial charge in [0.15, 0.2) is 0 Å². The van der Waals surface area contributed by atoms with E-state index in [-0.39, 0.29) is 0 Å². The molecule has 0 radical (unpaired) electrons. The Morgan fingerprint density at radius 3 is 2.85 bits per heavy atom. The Balaban J connectivity index is 1.48. The summed E-state index contributed by atoms with van der Waals surface area (Å²) in [6.07, 6.45) is 7.32. The molecule has 0 saturated carbocycles. The molecule has 1 N–H and O–H groups in total. The number of hydrogen-bond donors (Lipinski definition) is 1. The fraction of sp³-hybridized carbons (Fsp3) is 0.375. The third-order valence-corrected chi connectivity index (χ3v) is 3.52. The zero-order chi connectivity index (χ0) is 13.6. The Kier molecular flexibility index (Phi) is 4.23. The van der Waals surface area contributed by atoms with Gasteiger partial charge in [-0.25, -0.2) is 0 Å². The monoisotopic (exact) mass is 269 g/mol. The van der Waals surface area contributed by atoms with Crippen molar-refractivity contribution in [2.75, 3.05) is 6.54 Å². The van der Waals surface area contributed by atoms with Crippen molar-refractivity contribution >= 4 is 0 Å². The Morgan fingerprint density at radius 2 is 2.05 bits per heavy atom. The van der Waals surface area contributed by atoms with Crippen molar-refractivity contribution in [3.63, 3.8) is 0 Å². The lowest BCUT2D eigenvalue weighted by atomic mass is 10.2. The van der Waals surface area contributed by atoms with E-state index in [2.05, 4.69) is 21.6 Å². The molecule has 1 aliphatic rings. The summed E-state index contributed by atoms with van der Waals surface area (Å²) in [5.41, 5.74) is 2.54. The van der Waals surface area contributed by atoms with Gasteiger partial charge in [-0.2, -0.15) is 0 Å². The first kappa shape index (κ1) is 13.1. The summed E-state index contributed by atoms with van der Waals surface area (Å²) in [6, 6.07) is 9.84. The molecule has 1 aromatic heterocycles. The van der Waals surface area contributed by atoms with Gasteiger partial charge < -0.3 is 9.73 Å². The summed E-state index contributed by atoms with van der Waals surface area (Å²) < 4.78 is 5.64. The van der Waals surface area contributed by atoms with Crippen molar-refractivity contribution in [2.24, 2.45) is 0 Å². The fourth-order valence-corrected chi connectivity index (χ4v) is 2.43. The molecule has 0 amide bonds. The van der Waals surface area contributed by atoms with E-state index in [1.54, 1.807) is 5.57 Å². The lowest BCUT2D eigenvalue weighted by Crippen LogP contribution is -2.15. The van der Waals surface area contributed by atoms with E-state index in [0.717, 1.165) is 18.5 Å². The van der Waals surface area contributed by atoms with Crippen molar-refractivity contribution in [2.45, 2.75) is 32.2 Å². The first-order valence-electron chi connectivity index (χ1n) is 7.18. The molecule has 3 rings (SSSR count). The van der Waals surface area contributed by atoms with Gasteiger partial charge in [0.1, 0.15) is 0 Å². The lowest BCUT2D eigenvalue weighted by Gasteiger charge is -2.02. The minimum absolute atomic E-state index is 0.584. The molecule has 4 heteroatoms. The van der Waals surface area contributed by atoms with Crippen molar-refractivity contribution in [3.8, 4) is 11.5 Å². The number of nitrogens with zero attached hydrogens (tertiary/aromatic N) is 2. The largest absolute Gasteiger partial charge is 0.419 e. The van der Waals surface area contributed by atoms with Crippen LogP contribution in [0.4, 0.5) is 0 Å². The highest BCUT2D eigenvalue weighted by molar-refractivity contribution is 5.51. The minimum atomic E-state index is 0.584. The molecule has 4 nitrogen and oxygen atoms in total. The van der Waals surface area contributed by atoms with Gasteiger partial charge in [-0.3, -0.25) is 0 Å². The molecular weight excluding hydrogens is 250 g/mol. The van der Waals surface area contributed by atoms with Crippen LogP contribution in [0.3, 0.4) is 0 Å². The summed E-state index contributed by atoms with van der Waals surface area (Å²) in [4.78, 5) is 0. The van der Waals surface area contributed by atoms with E-state index < -0.39 is 0 Å². The first-order valence-corrected chi connectivity index (χ1v) is 7.18. The van der Waals surface area contributed by atoms with Crippen LogP contribution in [0.15, 0.2) is 46.4 Å². The molecule has 0 fully saturated rings. The van der Waals surface area contributed by atoms with Crippen LogP contribution in [-0.4, -0.2) is 16.7 Å². The Bertz CT molecular complexity index is 574. The van der Waals surface area contributed by atoms with Gasteiger partial charge >= 0.3 is 0 Å². The van der Waals surface area contributed by atoms with Crippen molar-refractivity contribution in [1.82, 2.24) is 15.5 Å². The topological polar surface area (TPSA) is 51.0 Å². The molecular formula is C16H19N3O.